The zero-order valence-corrected chi connectivity index (χ0v) is 13.6. The van der Waals surface area contributed by atoms with Crippen molar-refractivity contribution in [3.05, 3.63) is 36.4 Å². The lowest BCUT2D eigenvalue weighted by molar-refractivity contribution is -0.113. The van der Waals surface area contributed by atoms with Crippen LogP contribution in [-0.4, -0.2) is 26.2 Å². The summed E-state index contributed by atoms with van der Waals surface area (Å²) >= 11 is 1.51. The van der Waals surface area contributed by atoms with Gasteiger partial charge in [0.15, 0.2) is 5.16 Å². The van der Waals surface area contributed by atoms with E-state index in [2.05, 4.69) is 33.7 Å². The third kappa shape index (κ3) is 3.50. The summed E-state index contributed by atoms with van der Waals surface area (Å²) < 4.78 is 2.31. The van der Waals surface area contributed by atoms with Crippen molar-refractivity contribution >= 4 is 23.4 Å². The number of amides is 1. The molecule has 3 rings (SSSR count). The number of hydrogen-bond donors (Lipinski definition) is 1. The van der Waals surface area contributed by atoms with Gasteiger partial charge >= 0.3 is 0 Å². The van der Waals surface area contributed by atoms with E-state index in [1.54, 1.807) is 24.5 Å². The van der Waals surface area contributed by atoms with Gasteiger partial charge in [-0.15, -0.1) is 0 Å². The maximum atomic E-state index is 12.0. The number of nitrogens with one attached hydrogen (secondary N) is 1. The third-order valence-electron chi connectivity index (χ3n) is 3.59. The molecule has 0 aliphatic heterocycles. The lowest BCUT2D eigenvalue weighted by atomic mass is 10.1. The zero-order valence-electron chi connectivity index (χ0n) is 12.8. The quantitative estimate of drug-likeness (QED) is 0.829. The molecule has 0 unspecified atom stereocenters. The Morgan fingerprint density at radius 1 is 1.41 bits per heavy atom. The third-order valence-corrected chi connectivity index (χ3v) is 4.56. The Morgan fingerprint density at radius 3 is 2.77 bits per heavy atom. The van der Waals surface area contributed by atoms with Crippen molar-refractivity contribution in [3.8, 4) is 0 Å². The van der Waals surface area contributed by atoms with Gasteiger partial charge in [0.1, 0.15) is 0 Å². The van der Waals surface area contributed by atoms with Crippen molar-refractivity contribution in [1.82, 2.24) is 14.5 Å². The molecule has 116 valence electrons. The fourth-order valence-corrected chi connectivity index (χ4v) is 3.21. The summed E-state index contributed by atoms with van der Waals surface area (Å²) in [5.41, 5.74) is 2.04. The molecule has 0 aromatic carbocycles. The second-order valence-electron chi connectivity index (χ2n) is 5.79. The maximum absolute atomic E-state index is 12.0. The molecule has 2 aromatic rings. The van der Waals surface area contributed by atoms with Crippen molar-refractivity contribution in [2.24, 2.45) is 0 Å². The molecule has 1 aliphatic rings. The van der Waals surface area contributed by atoms with Crippen LogP contribution in [0.5, 0.6) is 0 Å². The molecule has 0 atom stereocenters. The topological polar surface area (TPSA) is 59.8 Å². The molecule has 0 bridgehead atoms. The first-order valence-corrected chi connectivity index (χ1v) is 8.53. The van der Waals surface area contributed by atoms with Gasteiger partial charge in [-0.2, -0.15) is 0 Å². The molecule has 0 saturated heterocycles. The molecule has 2 heterocycles. The minimum Gasteiger partial charge on any atom is -0.325 e. The number of anilines is 1. The van der Waals surface area contributed by atoms with Gasteiger partial charge < -0.3 is 9.88 Å². The minimum absolute atomic E-state index is 0.0207. The van der Waals surface area contributed by atoms with Crippen LogP contribution in [-0.2, 0) is 4.79 Å². The summed E-state index contributed by atoms with van der Waals surface area (Å²) in [7, 11) is 0. The van der Waals surface area contributed by atoms with Crippen molar-refractivity contribution in [3.63, 3.8) is 0 Å². The summed E-state index contributed by atoms with van der Waals surface area (Å²) in [6, 6.07) is 4.14. The average Bonchev–Trinajstić information content (AvgIpc) is 3.25. The molecule has 2 aromatic heterocycles. The molecular formula is C16H20N4OS. The highest BCUT2D eigenvalue weighted by Gasteiger charge is 2.29. The van der Waals surface area contributed by atoms with E-state index in [4.69, 9.17) is 0 Å². The van der Waals surface area contributed by atoms with Crippen molar-refractivity contribution in [2.45, 2.75) is 43.8 Å². The van der Waals surface area contributed by atoms with E-state index < -0.39 is 0 Å². The van der Waals surface area contributed by atoms with E-state index in [1.165, 1.54) is 30.3 Å². The molecule has 1 N–H and O–H groups in total. The van der Waals surface area contributed by atoms with Gasteiger partial charge in [-0.05, 0) is 30.9 Å². The fraction of sp³-hybridized carbons (Fsp3) is 0.438. The lowest BCUT2D eigenvalue weighted by Gasteiger charge is -2.12. The number of imidazole rings is 1. The molecule has 6 heteroatoms. The Bertz CT molecular complexity index is 649. The van der Waals surface area contributed by atoms with E-state index in [9.17, 15) is 4.79 Å². The number of pyridine rings is 1. The predicted octanol–water partition coefficient (Wildman–Crippen LogP) is 3.47. The first kappa shape index (κ1) is 15.1. The van der Waals surface area contributed by atoms with E-state index >= 15 is 0 Å². The molecule has 0 radical (unpaired) electrons. The van der Waals surface area contributed by atoms with Crippen LogP contribution in [0.15, 0.2) is 35.9 Å². The van der Waals surface area contributed by atoms with Gasteiger partial charge in [-0.1, -0.05) is 25.6 Å². The van der Waals surface area contributed by atoms with Crippen LogP contribution in [0.1, 0.15) is 44.3 Å². The highest BCUT2D eigenvalue weighted by molar-refractivity contribution is 7.99. The molecule has 1 fully saturated rings. The molecule has 5 nitrogen and oxygen atoms in total. The van der Waals surface area contributed by atoms with E-state index in [1.807, 2.05) is 6.20 Å². The second-order valence-corrected chi connectivity index (χ2v) is 6.74. The summed E-state index contributed by atoms with van der Waals surface area (Å²) in [5.74, 6) is 0.796. The van der Waals surface area contributed by atoms with E-state index in [0.717, 1.165) is 10.8 Å². The maximum Gasteiger partial charge on any atom is 0.234 e. The predicted molar refractivity (Wildman–Crippen MR) is 88.2 cm³/mol. The Kier molecular flexibility index (Phi) is 4.47. The van der Waals surface area contributed by atoms with Crippen LogP contribution >= 0.6 is 11.8 Å². The van der Waals surface area contributed by atoms with Crippen LogP contribution < -0.4 is 5.32 Å². The van der Waals surface area contributed by atoms with E-state index in [0.29, 0.717) is 17.7 Å². The SMILES string of the molecule is CC(C)c1cnc(SCC(=O)Nc2ccncc2)n1C1CC1. The average molecular weight is 316 g/mol. The Labute approximate surface area is 134 Å². The number of nitrogens with zero attached hydrogens (tertiary/aromatic N) is 3. The van der Waals surface area contributed by atoms with Gasteiger partial charge in [0.05, 0.1) is 5.75 Å². The first-order valence-electron chi connectivity index (χ1n) is 7.55. The van der Waals surface area contributed by atoms with Gasteiger partial charge in [0.2, 0.25) is 5.91 Å². The van der Waals surface area contributed by atoms with Crippen molar-refractivity contribution in [1.29, 1.82) is 0 Å². The van der Waals surface area contributed by atoms with Crippen molar-refractivity contribution < 1.29 is 4.79 Å². The van der Waals surface area contributed by atoms with Crippen LogP contribution in [0.3, 0.4) is 0 Å². The number of carbonyl (C=O) groups excluding carboxylic acids is 1. The van der Waals surface area contributed by atoms with Gasteiger partial charge in [0.25, 0.3) is 0 Å². The van der Waals surface area contributed by atoms with Crippen LogP contribution in [0.2, 0.25) is 0 Å². The molecule has 1 saturated carbocycles. The van der Waals surface area contributed by atoms with Gasteiger partial charge in [-0.25, -0.2) is 4.98 Å². The number of carbonyl (C=O) groups is 1. The molecule has 1 amide bonds. The second kappa shape index (κ2) is 6.52. The number of hydrogen-bond acceptors (Lipinski definition) is 4. The Hall–Kier alpha value is -1.82. The van der Waals surface area contributed by atoms with Gasteiger partial charge in [-0.3, -0.25) is 9.78 Å². The minimum atomic E-state index is -0.0207. The summed E-state index contributed by atoms with van der Waals surface area (Å²) in [4.78, 5) is 20.5. The van der Waals surface area contributed by atoms with Crippen LogP contribution in [0.25, 0.3) is 0 Å². The summed E-state index contributed by atoms with van der Waals surface area (Å²) in [6.45, 7) is 4.36. The normalized spacial score (nSPS) is 14.3. The fourth-order valence-electron chi connectivity index (χ4n) is 2.35. The summed E-state index contributed by atoms with van der Waals surface area (Å²) in [5, 5.41) is 3.82. The van der Waals surface area contributed by atoms with Crippen LogP contribution in [0, 0.1) is 0 Å². The highest BCUT2D eigenvalue weighted by atomic mass is 32.2. The molecule has 22 heavy (non-hydrogen) atoms. The number of thioether (sulfide) groups is 1. The number of rotatable bonds is 6. The molecular weight excluding hydrogens is 296 g/mol. The zero-order chi connectivity index (χ0) is 15.5. The largest absolute Gasteiger partial charge is 0.325 e. The summed E-state index contributed by atoms with van der Waals surface area (Å²) in [6.07, 6.45) is 7.71. The smallest absolute Gasteiger partial charge is 0.234 e. The Balaban J connectivity index is 1.63. The van der Waals surface area contributed by atoms with Crippen LogP contribution in [0.4, 0.5) is 5.69 Å². The van der Waals surface area contributed by atoms with Crippen molar-refractivity contribution in [2.75, 3.05) is 11.1 Å². The standard InChI is InChI=1S/C16H20N4OS/c1-11(2)14-9-18-16(20(14)13-3-4-13)22-10-15(21)19-12-5-7-17-8-6-12/h5-9,11,13H,3-4,10H2,1-2H3,(H,17,19,21). The Morgan fingerprint density at radius 2 is 2.14 bits per heavy atom. The molecule has 0 spiro atoms. The van der Waals surface area contributed by atoms with E-state index in [-0.39, 0.29) is 5.91 Å². The van der Waals surface area contributed by atoms with Gasteiger partial charge in [0, 0.05) is 36.0 Å². The molecule has 1 aliphatic carbocycles. The lowest BCUT2D eigenvalue weighted by Crippen LogP contribution is -2.14. The first-order chi connectivity index (χ1) is 10.6. The monoisotopic (exact) mass is 316 g/mol. The highest BCUT2D eigenvalue weighted by Crippen LogP contribution is 2.40. The number of aromatic nitrogens is 3.